The summed E-state index contributed by atoms with van der Waals surface area (Å²) < 4.78 is 20.0. The highest BCUT2D eigenvalue weighted by Crippen LogP contribution is 2.20. The van der Waals surface area contributed by atoms with Gasteiger partial charge < -0.3 is 14.4 Å². The first-order chi connectivity index (χ1) is 9.22. The summed E-state index contributed by atoms with van der Waals surface area (Å²) in [6.45, 7) is 3.78. The molecule has 1 heterocycles. The molecule has 1 aromatic heterocycles. The number of imidazole rings is 1. The lowest BCUT2D eigenvalue weighted by Gasteiger charge is -2.13. The van der Waals surface area contributed by atoms with Crippen LogP contribution in [0.5, 0.6) is 0 Å². The van der Waals surface area contributed by atoms with Crippen molar-refractivity contribution in [2.45, 2.75) is 19.6 Å². The molecule has 1 aromatic carbocycles. The number of rotatable bonds is 6. The van der Waals surface area contributed by atoms with E-state index in [0.29, 0.717) is 31.1 Å². The van der Waals surface area contributed by atoms with Crippen molar-refractivity contribution >= 4 is 0 Å². The predicted octanol–water partition coefficient (Wildman–Crippen LogP) is 2.14. The molecule has 1 atom stereocenters. The third-order valence-electron chi connectivity index (χ3n) is 2.86. The minimum absolute atomic E-state index is 0.323. The lowest BCUT2D eigenvalue weighted by Crippen LogP contribution is -2.13. The Morgan fingerprint density at radius 3 is 2.79 bits per heavy atom. The van der Waals surface area contributed by atoms with Crippen LogP contribution in [0.25, 0.3) is 0 Å². The van der Waals surface area contributed by atoms with Gasteiger partial charge in [-0.05, 0) is 24.6 Å². The molecule has 19 heavy (non-hydrogen) atoms. The number of benzene rings is 1. The molecule has 0 fully saturated rings. The molecule has 0 aliphatic heterocycles. The van der Waals surface area contributed by atoms with Gasteiger partial charge in [-0.15, -0.1) is 0 Å². The van der Waals surface area contributed by atoms with E-state index in [4.69, 9.17) is 4.74 Å². The van der Waals surface area contributed by atoms with E-state index in [1.54, 1.807) is 24.5 Å². The van der Waals surface area contributed by atoms with Gasteiger partial charge in [0.15, 0.2) is 0 Å². The first kappa shape index (κ1) is 13.7. The molecule has 2 aromatic rings. The van der Waals surface area contributed by atoms with Crippen LogP contribution >= 0.6 is 0 Å². The lowest BCUT2D eigenvalue weighted by molar-refractivity contribution is 0.134. The molecule has 0 amide bonds. The summed E-state index contributed by atoms with van der Waals surface area (Å²) in [5.74, 6) is 0.210. The zero-order chi connectivity index (χ0) is 13.7. The Morgan fingerprint density at radius 1 is 1.37 bits per heavy atom. The maximum absolute atomic E-state index is 12.9. The minimum atomic E-state index is -0.864. The Hall–Kier alpha value is -1.72. The topological polar surface area (TPSA) is 47.3 Å². The van der Waals surface area contributed by atoms with Crippen molar-refractivity contribution in [2.24, 2.45) is 0 Å². The summed E-state index contributed by atoms with van der Waals surface area (Å²) >= 11 is 0. The van der Waals surface area contributed by atoms with E-state index in [0.717, 1.165) is 0 Å². The number of hydrogen-bond donors (Lipinski definition) is 1. The van der Waals surface area contributed by atoms with Crippen molar-refractivity contribution in [1.29, 1.82) is 0 Å². The molecule has 0 radical (unpaired) electrons. The average Bonchev–Trinajstić information content (AvgIpc) is 2.87. The zero-order valence-corrected chi connectivity index (χ0v) is 10.8. The Morgan fingerprint density at radius 2 is 2.11 bits per heavy atom. The molecule has 2 rings (SSSR count). The first-order valence-electron chi connectivity index (χ1n) is 6.24. The van der Waals surface area contributed by atoms with Gasteiger partial charge >= 0.3 is 0 Å². The van der Waals surface area contributed by atoms with Gasteiger partial charge in [0.25, 0.3) is 0 Å². The molecule has 0 spiro atoms. The molecule has 1 unspecified atom stereocenters. The molecule has 0 aliphatic rings. The van der Waals surface area contributed by atoms with E-state index in [9.17, 15) is 9.50 Å². The second-order valence-corrected chi connectivity index (χ2v) is 4.13. The van der Waals surface area contributed by atoms with Crippen LogP contribution in [0, 0.1) is 5.82 Å². The largest absolute Gasteiger partial charge is 0.380 e. The van der Waals surface area contributed by atoms with E-state index < -0.39 is 6.10 Å². The van der Waals surface area contributed by atoms with Crippen LogP contribution in [0.2, 0.25) is 0 Å². The van der Waals surface area contributed by atoms with Gasteiger partial charge in [0.1, 0.15) is 17.7 Å². The van der Waals surface area contributed by atoms with Gasteiger partial charge in [-0.2, -0.15) is 0 Å². The summed E-state index contributed by atoms with van der Waals surface area (Å²) in [6.07, 6.45) is 2.56. The molecule has 5 heteroatoms. The number of halogens is 1. The lowest BCUT2D eigenvalue weighted by atomic mass is 10.1. The van der Waals surface area contributed by atoms with E-state index in [-0.39, 0.29) is 5.82 Å². The summed E-state index contributed by atoms with van der Waals surface area (Å²) in [6, 6.07) is 5.77. The van der Waals surface area contributed by atoms with Crippen molar-refractivity contribution in [1.82, 2.24) is 9.55 Å². The number of aliphatic hydroxyl groups is 1. The molecular weight excluding hydrogens is 247 g/mol. The molecule has 0 saturated heterocycles. The molecule has 102 valence electrons. The van der Waals surface area contributed by atoms with Crippen LogP contribution in [0.15, 0.2) is 36.7 Å². The second-order valence-electron chi connectivity index (χ2n) is 4.13. The third kappa shape index (κ3) is 3.39. The molecule has 4 nitrogen and oxygen atoms in total. The molecule has 0 saturated carbocycles. The summed E-state index contributed by atoms with van der Waals surface area (Å²) in [7, 11) is 0. The molecule has 0 bridgehead atoms. The van der Waals surface area contributed by atoms with E-state index >= 15 is 0 Å². The summed E-state index contributed by atoms with van der Waals surface area (Å²) in [5.41, 5.74) is 0.616. The highest BCUT2D eigenvalue weighted by molar-refractivity contribution is 5.23. The van der Waals surface area contributed by atoms with Crippen LogP contribution in [0.4, 0.5) is 4.39 Å². The quantitative estimate of drug-likeness (QED) is 0.813. The summed E-state index contributed by atoms with van der Waals surface area (Å²) in [5, 5.41) is 10.3. The number of aliphatic hydroxyl groups excluding tert-OH is 1. The molecular formula is C14H17FN2O2. The number of ether oxygens (including phenoxy) is 1. The minimum Gasteiger partial charge on any atom is -0.380 e. The fourth-order valence-corrected chi connectivity index (χ4v) is 1.86. The summed E-state index contributed by atoms with van der Waals surface area (Å²) in [4.78, 5) is 4.16. The Bertz CT molecular complexity index is 510. The third-order valence-corrected chi connectivity index (χ3v) is 2.86. The van der Waals surface area contributed by atoms with Crippen LogP contribution in [0.1, 0.15) is 24.4 Å². The SMILES string of the molecule is CCOCCn1ccnc1C(O)c1ccc(F)cc1. The van der Waals surface area contributed by atoms with Gasteiger partial charge in [0, 0.05) is 25.5 Å². The van der Waals surface area contributed by atoms with Gasteiger partial charge in [-0.1, -0.05) is 12.1 Å². The zero-order valence-electron chi connectivity index (χ0n) is 10.8. The van der Waals surface area contributed by atoms with Crippen LogP contribution in [0.3, 0.4) is 0 Å². The van der Waals surface area contributed by atoms with Crippen molar-refractivity contribution in [2.75, 3.05) is 13.2 Å². The maximum atomic E-state index is 12.9. The smallest absolute Gasteiger partial charge is 0.142 e. The molecule has 1 N–H and O–H groups in total. The highest BCUT2D eigenvalue weighted by atomic mass is 19.1. The number of nitrogens with zero attached hydrogens (tertiary/aromatic N) is 2. The van der Waals surface area contributed by atoms with E-state index in [1.165, 1.54) is 12.1 Å². The van der Waals surface area contributed by atoms with Crippen molar-refractivity contribution < 1.29 is 14.2 Å². The Balaban J connectivity index is 2.12. The first-order valence-corrected chi connectivity index (χ1v) is 6.24. The standard InChI is InChI=1S/C14H17FN2O2/c1-2-19-10-9-17-8-7-16-14(17)13(18)11-3-5-12(15)6-4-11/h3-8,13,18H,2,9-10H2,1H3. The van der Waals surface area contributed by atoms with Crippen LogP contribution in [-0.2, 0) is 11.3 Å². The van der Waals surface area contributed by atoms with Crippen molar-refractivity contribution in [3.05, 3.63) is 53.9 Å². The van der Waals surface area contributed by atoms with Crippen LogP contribution < -0.4 is 0 Å². The predicted molar refractivity (Wildman–Crippen MR) is 69.2 cm³/mol. The van der Waals surface area contributed by atoms with E-state index in [2.05, 4.69) is 4.98 Å². The van der Waals surface area contributed by atoms with Gasteiger partial charge in [-0.3, -0.25) is 0 Å². The number of aromatic nitrogens is 2. The Labute approximate surface area is 111 Å². The Kier molecular flexibility index (Phi) is 4.65. The normalized spacial score (nSPS) is 12.6. The maximum Gasteiger partial charge on any atom is 0.142 e. The number of hydrogen-bond acceptors (Lipinski definition) is 3. The highest BCUT2D eigenvalue weighted by Gasteiger charge is 2.16. The van der Waals surface area contributed by atoms with Gasteiger partial charge in [0.2, 0.25) is 0 Å². The fraction of sp³-hybridized carbons (Fsp3) is 0.357. The van der Waals surface area contributed by atoms with Crippen molar-refractivity contribution in [3.8, 4) is 0 Å². The van der Waals surface area contributed by atoms with Crippen molar-refractivity contribution in [3.63, 3.8) is 0 Å². The van der Waals surface area contributed by atoms with E-state index in [1.807, 2.05) is 11.5 Å². The fourth-order valence-electron chi connectivity index (χ4n) is 1.86. The monoisotopic (exact) mass is 264 g/mol. The van der Waals surface area contributed by atoms with Gasteiger partial charge in [-0.25, -0.2) is 9.37 Å². The molecule has 0 aliphatic carbocycles. The second kappa shape index (κ2) is 6.45. The van der Waals surface area contributed by atoms with Crippen LogP contribution in [-0.4, -0.2) is 27.9 Å². The van der Waals surface area contributed by atoms with Gasteiger partial charge in [0.05, 0.1) is 6.61 Å². The average molecular weight is 264 g/mol.